The molecule has 2 N–H and O–H groups in total. The molecule has 0 aliphatic carbocycles. The van der Waals surface area contributed by atoms with Crippen LogP contribution in [0.5, 0.6) is 0 Å². The smallest absolute Gasteiger partial charge is 0.163 e. The molecule has 0 radical (unpaired) electrons. The average molecular weight is 337 g/mol. The second kappa shape index (κ2) is 6.20. The van der Waals surface area contributed by atoms with Gasteiger partial charge in [0.1, 0.15) is 10.8 Å². The van der Waals surface area contributed by atoms with Gasteiger partial charge in [-0.2, -0.15) is 5.10 Å². The van der Waals surface area contributed by atoms with Crippen molar-refractivity contribution >= 4 is 28.1 Å². The maximum atomic E-state index is 14.0. The number of fused-ring (bicyclic) bond motifs is 1. The Hall–Kier alpha value is -1.47. The Bertz CT molecular complexity index is 767. The fourth-order valence-corrected chi connectivity index (χ4v) is 3.40. The minimum Gasteiger partial charge on any atom is -0.354 e. The van der Waals surface area contributed by atoms with E-state index in [0.29, 0.717) is 18.7 Å². The van der Waals surface area contributed by atoms with E-state index in [-0.39, 0.29) is 11.3 Å². The third kappa shape index (κ3) is 2.65. The molecule has 4 rings (SSSR count). The predicted octanol–water partition coefficient (Wildman–Crippen LogP) is 2.32. The van der Waals surface area contributed by atoms with Crippen LogP contribution in [0, 0.1) is 5.82 Å². The van der Waals surface area contributed by atoms with Crippen molar-refractivity contribution in [2.75, 3.05) is 32.8 Å². The number of hydrogen-bond acceptors (Lipinski definition) is 4. The standard InChI is InChI=1S/C16H18ClFN4O/c17-14-12(18)4-3-11-15(10-2-1-5-19-8-10)21-22(16(11)14)13-9-20-6-7-23-13/h2-4,13,19-20H,1,5-9H2/t13-/m0/s1. The van der Waals surface area contributed by atoms with E-state index in [1.54, 1.807) is 10.7 Å². The van der Waals surface area contributed by atoms with Crippen LogP contribution in [-0.4, -0.2) is 42.6 Å². The van der Waals surface area contributed by atoms with Gasteiger partial charge in [-0.25, -0.2) is 9.07 Å². The van der Waals surface area contributed by atoms with Crippen LogP contribution in [0.2, 0.25) is 5.02 Å². The molecule has 7 heteroatoms. The highest BCUT2D eigenvalue weighted by Crippen LogP contribution is 2.34. The summed E-state index contributed by atoms with van der Waals surface area (Å²) in [5.41, 5.74) is 2.57. The van der Waals surface area contributed by atoms with Crippen LogP contribution in [0.4, 0.5) is 4.39 Å². The SMILES string of the molecule is Fc1ccc2c(C3=CCCNC3)nn([C@@H]3CNCCO3)c2c1Cl. The summed E-state index contributed by atoms with van der Waals surface area (Å²) in [4.78, 5) is 0. The number of aromatic nitrogens is 2. The number of halogens is 2. The maximum absolute atomic E-state index is 14.0. The lowest BCUT2D eigenvalue weighted by atomic mass is 10.0. The van der Waals surface area contributed by atoms with E-state index in [0.717, 1.165) is 42.7 Å². The van der Waals surface area contributed by atoms with Crippen molar-refractivity contribution in [2.45, 2.75) is 12.6 Å². The molecule has 122 valence electrons. The van der Waals surface area contributed by atoms with Crippen molar-refractivity contribution in [3.8, 4) is 0 Å². The van der Waals surface area contributed by atoms with Crippen molar-refractivity contribution in [1.82, 2.24) is 20.4 Å². The number of ether oxygens (including phenoxy) is 1. The van der Waals surface area contributed by atoms with E-state index in [9.17, 15) is 4.39 Å². The van der Waals surface area contributed by atoms with Gasteiger partial charge >= 0.3 is 0 Å². The van der Waals surface area contributed by atoms with Crippen molar-refractivity contribution < 1.29 is 9.13 Å². The molecule has 2 aromatic rings. The first-order valence-corrected chi connectivity index (χ1v) is 8.22. The molecular weight excluding hydrogens is 319 g/mol. The zero-order chi connectivity index (χ0) is 15.8. The number of benzene rings is 1. The molecular formula is C16H18ClFN4O. The van der Waals surface area contributed by atoms with Gasteiger partial charge in [0.15, 0.2) is 6.23 Å². The molecule has 2 aliphatic heterocycles. The number of nitrogens with zero attached hydrogens (tertiary/aromatic N) is 2. The van der Waals surface area contributed by atoms with E-state index in [1.807, 2.05) is 0 Å². The maximum Gasteiger partial charge on any atom is 0.163 e. The van der Waals surface area contributed by atoms with E-state index in [1.165, 1.54) is 6.07 Å². The zero-order valence-corrected chi connectivity index (χ0v) is 13.4. The van der Waals surface area contributed by atoms with E-state index in [4.69, 9.17) is 21.4 Å². The Morgan fingerprint density at radius 2 is 2.22 bits per heavy atom. The Morgan fingerprint density at radius 3 is 2.96 bits per heavy atom. The number of nitrogens with one attached hydrogen (secondary N) is 2. The fourth-order valence-electron chi connectivity index (χ4n) is 3.14. The summed E-state index contributed by atoms with van der Waals surface area (Å²) in [7, 11) is 0. The summed E-state index contributed by atoms with van der Waals surface area (Å²) in [5, 5.41) is 12.3. The number of rotatable bonds is 2. The Labute approximate surface area is 138 Å². The third-order valence-electron chi connectivity index (χ3n) is 4.27. The predicted molar refractivity (Wildman–Crippen MR) is 88.0 cm³/mol. The molecule has 0 spiro atoms. The van der Waals surface area contributed by atoms with Gasteiger partial charge in [0, 0.05) is 25.0 Å². The van der Waals surface area contributed by atoms with Crippen molar-refractivity contribution in [3.05, 3.63) is 34.7 Å². The van der Waals surface area contributed by atoms with Crippen LogP contribution in [0.25, 0.3) is 16.5 Å². The first-order chi connectivity index (χ1) is 11.3. The van der Waals surface area contributed by atoms with Gasteiger partial charge in [0.05, 0.1) is 17.8 Å². The van der Waals surface area contributed by atoms with Gasteiger partial charge in [-0.05, 0) is 30.7 Å². The molecule has 1 fully saturated rings. The molecule has 1 aromatic heterocycles. The number of morpholine rings is 1. The average Bonchev–Trinajstić information content (AvgIpc) is 3.00. The van der Waals surface area contributed by atoms with Gasteiger partial charge in [-0.1, -0.05) is 17.7 Å². The van der Waals surface area contributed by atoms with Gasteiger partial charge in [0.2, 0.25) is 0 Å². The summed E-state index contributed by atoms with van der Waals surface area (Å²) >= 11 is 6.26. The lowest BCUT2D eigenvalue weighted by Gasteiger charge is -2.24. The van der Waals surface area contributed by atoms with Gasteiger partial charge in [-0.3, -0.25) is 0 Å². The Balaban J connectivity index is 1.90. The first-order valence-electron chi connectivity index (χ1n) is 7.84. The third-order valence-corrected chi connectivity index (χ3v) is 4.63. The van der Waals surface area contributed by atoms with Crippen molar-refractivity contribution in [1.29, 1.82) is 0 Å². The first kappa shape index (κ1) is 15.1. The van der Waals surface area contributed by atoms with Crippen LogP contribution in [-0.2, 0) is 4.74 Å². The fraction of sp³-hybridized carbons (Fsp3) is 0.438. The lowest BCUT2D eigenvalue weighted by Crippen LogP contribution is -2.36. The van der Waals surface area contributed by atoms with Crippen LogP contribution in [0.3, 0.4) is 0 Å². The number of hydrogen-bond donors (Lipinski definition) is 2. The van der Waals surface area contributed by atoms with Crippen LogP contribution < -0.4 is 10.6 Å². The van der Waals surface area contributed by atoms with E-state index in [2.05, 4.69) is 16.7 Å². The molecule has 1 atom stereocenters. The highest BCUT2D eigenvalue weighted by Gasteiger charge is 2.25. The molecule has 23 heavy (non-hydrogen) atoms. The van der Waals surface area contributed by atoms with Crippen molar-refractivity contribution in [2.24, 2.45) is 0 Å². The highest BCUT2D eigenvalue weighted by atomic mass is 35.5. The molecule has 1 aromatic carbocycles. The second-order valence-corrected chi connectivity index (χ2v) is 6.15. The van der Waals surface area contributed by atoms with Crippen LogP contribution in [0.1, 0.15) is 18.3 Å². The zero-order valence-electron chi connectivity index (χ0n) is 12.6. The monoisotopic (exact) mass is 336 g/mol. The highest BCUT2D eigenvalue weighted by molar-refractivity contribution is 6.35. The van der Waals surface area contributed by atoms with Crippen LogP contribution in [0.15, 0.2) is 18.2 Å². The Kier molecular flexibility index (Phi) is 4.07. The Morgan fingerprint density at radius 1 is 1.30 bits per heavy atom. The summed E-state index contributed by atoms with van der Waals surface area (Å²) in [6, 6.07) is 3.15. The van der Waals surface area contributed by atoms with Gasteiger partial charge in [-0.15, -0.1) is 0 Å². The summed E-state index contributed by atoms with van der Waals surface area (Å²) in [5.74, 6) is -0.439. The molecule has 2 aliphatic rings. The van der Waals surface area contributed by atoms with Gasteiger partial charge < -0.3 is 15.4 Å². The van der Waals surface area contributed by atoms with E-state index >= 15 is 0 Å². The minimum absolute atomic E-state index is 0.0970. The molecule has 3 heterocycles. The minimum atomic E-state index is -0.439. The second-order valence-electron chi connectivity index (χ2n) is 5.78. The normalized spacial score (nSPS) is 22.3. The molecule has 5 nitrogen and oxygen atoms in total. The van der Waals surface area contributed by atoms with Crippen LogP contribution >= 0.6 is 11.6 Å². The van der Waals surface area contributed by atoms with Crippen molar-refractivity contribution in [3.63, 3.8) is 0 Å². The summed E-state index contributed by atoms with van der Waals surface area (Å²) < 4.78 is 21.5. The topological polar surface area (TPSA) is 51.1 Å². The lowest BCUT2D eigenvalue weighted by molar-refractivity contribution is -0.0243. The largest absolute Gasteiger partial charge is 0.354 e. The summed E-state index contributed by atoms with van der Waals surface area (Å²) in [6.45, 7) is 3.75. The molecule has 0 bridgehead atoms. The quantitative estimate of drug-likeness (QED) is 0.883. The van der Waals surface area contributed by atoms with E-state index < -0.39 is 5.82 Å². The summed E-state index contributed by atoms with van der Waals surface area (Å²) in [6.07, 6.45) is 2.86. The molecule has 0 unspecified atom stereocenters. The molecule has 0 saturated carbocycles. The van der Waals surface area contributed by atoms with Gasteiger partial charge in [0.25, 0.3) is 0 Å². The molecule has 1 saturated heterocycles. The molecule has 0 amide bonds.